The third-order valence-corrected chi connectivity index (χ3v) is 2.91. The Kier molecular flexibility index (Phi) is 4.52. The van der Waals surface area contributed by atoms with E-state index in [4.69, 9.17) is 14.7 Å². The molecule has 2 aromatic rings. The van der Waals surface area contributed by atoms with Crippen LogP contribution in [-0.2, 0) is 6.61 Å². The highest BCUT2D eigenvalue weighted by molar-refractivity contribution is 5.79. The van der Waals surface area contributed by atoms with Crippen LogP contribution >= 0.6 is 0 Å². The lowest BCUT2D eigenvalue weighted by molar-refractivity contribution is 0.111. The first-order chi connectivity index (χ1) is 10.2. The molecule has 2 rings (SSSR count). The summed E-state index contributed by atoms with van der Waals surface area (Å²) >= 11 is 0. The number of aldehydes is 1. The van der Waals surface area contributed by atoms with Crippen molar-refractivity contribution < 1.29 is 18.7 Å². The number of hydrogen-bond acceptors (Lipinski definition) is 4. The Morgan fingerprint density at radius 3 is 2.81 bits per heavy atom. The maximum atomic E-state index is 13.7. The van der Waals surface area contributed by atoms with Gasteiger partial charge in [-0.1, -0.05) is 6.07 Å². The predicted molar refractivity (Wildman–Crippen MR) is 73.8 cm³/mol. The molecule has 5 heteroatoms. The zero-order valence-electron chi connectivity index (χ0n) is 11.3. The van der Waals surface area contributed by atoms with Gasteiger partial charge in [-0.25, -0.2) is 4.39 Å². The van der Waals surface area contributed by atoms with Gasteiger partial charge in [-0.3, -0.25) is 4.79 Å². The van der Waals surface area contributed by atoms with Crippen LogP contribution in [0.1, 0.15) is 21.5 Å². The highest BCUT2D eigenvalue weighted by atomic mass is 19.1. The standard InChI is InChI=1S/C16H12FNO3/c1-20-15-6-5-11(8-18)7-13(15)10-21-16-12(9-19)3-2-4-14(16)17/h2-7,9H,10H2,1H3. The summed E-state index contributed by atoms with van der Waals surface area (Å²) in [6.07, 6.45) is 0.529. The summed E-state index contributed by atoms with van der Waals surface area (Å²) in [6.45, 7) is -0.0134. The first kappa shape index (κ1) is 14.5. The zero-order chi connectivity index (χ0) is 15.2. The second-order valence-electron chi connectivity index (χ2n) is 4.20. The number of carbonyl (C=O) groups is 1. The van der Waals surface area contributed by atoms with E-state index in [0.29, 0.717) is 23.2 Å². The topological polar surface area (TPSA) is 59.3 Å². The number of carbonyl (C=O) groups excluding carboxylic acids is 1. The Bertz CT molecular complexity index is 707. The first-order valence-corrected chi connectivity index (χ1v) is 6.13. The van der Waals surface area contributed by atoms with E-state index in [0.717, 1.165) is 0 Å². The minimum absolute atomic E-state index is 0.0134. The third kappa shape index (κ3) is 3.18. The van der Waals surface area contributed by atoms with Gasteiger partial charge in [0.25, 0.3) is 0 Å². The first-order valence-electron chi connectivity index (χ1n) is 6.13. The van der Waals surface area contributed by atoms with Crippen molar-refractivity contribution in [1.82, 2.24) is 0 Å². The summed E-state index contributed by atoms with van der Waals surface area (Å²) in [4.78, 5) is 10.9. The molecule has 0 spiro atoms. The molecule has 0 fully saturated rings. The summed E-state index contributed by atoms with van der Waals surface area (Å²) in [5.74, 6) is -0.204. The van der Waals surface area contributed by atoms with Gasteiger partial charge in [0.15, 0.2) is 17.9 Å². The van der Waals surface area contributed by atoms with Crippen molar-refractivity contribution in [2.24, 2.45) is 0 Å². The largest absolute Gasteiger partial charge is 0.496 e. The van der Waals surface area contributed by atoms with Crippen LogP contribution in [0.15, 0.2) is 36.4 Å². The molecule has 0 aliphatic rings. The van der Waals surface area contributed by atoms with E-state index in [-0.39, 0.29) is 17.9 Å². The van der Waals surface area contributed by atoms with Crippen molar-refractivity contribution >= 4 is 6.29 Å². The van der Waals surface area contributed by atoms with Gasteiger partial charge in [0, 0.05) is 5.56 Å². The lowest BCUT2D eigenvalue weighted by Crippen LogP contribution is -2.03. The van der Waals surface area contributed by atoms with Crippen molar-refractivity contribution in [3.05, 3.63) is 58.9 Å². The van der Waals surface area contributed by atoms with Crippen LogP contribution in [0.2, 0.25) is 0 Å². The molecule has 106 valence electrons. The monoisotopic (exact) mass is 285 g/mol. The van der Waals surface area contributed by atoms with E-state index in [1.54, 1.807) is 18.2 Å². The van der Waals surface area contributed by atoms with E-state index in [1.165, 1.54) is 25.3 Å². The van der Waals surface area contributed by atoms with Gasteiger partial charge in [0.2, 0.25) is 0 Å². The Labute approximate surface area is 121 Å². The van der Waals surface area contributed by atoms with Gasteiger partial charge < -0.3 is 9.47 Å². The maximum absolute atomic E-state index is 13.7. The fourth-order valence-electron chi connectivity index (χ4n) is 1.88. The quantitative estimate of drug-likeness (QED) is 0.792. The van der Waals surface area contributed by atoms with Crippen LogP contribution in [0.4, 0.5) is 4.39 Å². The SMILES string of the molecule is COc1ccc(C#N)cc1COc1c(F)cccc1C=O. The van der Waals surface area contributed by atoms with Gasteiger partial charge in [-0.05, 0) is 30.3 Å². The number of ether oxygens (including phenoxy) is 2. The molecule has 0 unspecified atom stereocenters. The molecular weight excluding hydrogens is 273 g/mol. The number of nitrogens with zero attached hydrogens (tertiary/aromatic N) is 1. The minimum atomic E-state index is -0.616. The molecule has 0 bridgehead atoms. The molecule has 0 radical (unpaired) electrons. The van der Waals surface area contributed by atoms with Crippen molar-refractivity contribution in [3.63, 3.8) is 0 Å². The molecule has 0 atom stereocenters. The molecule has 0 saturated carbocycles. The number of nitriles is 1. The van der Waals surface area contributed by atoms with Gasteiger partial charge in [0.1, 0.15) is 12.4 Å². The average molecular weight is 285 g/mol. The van der Waals surface area contributed by atoms with Crippen molar-refractivity contribution in [2.45, 2.75) is 6.61 Å². The molecular formula is C16H12FNO3. The molecule has 4 nitrogen and oxygen atoms in total. The number of hydrogen-bond donors (Lipinski definition) is 0. The lowest BCUT2D eigenvalue weighted by Gasteiger charge is -2.12. The van der Waals surface area contributed by atoms with Crippen molar-refractivity contribution in [3.8, 4) is 17.6 Å². The molecule has 0 N–H and O–H groups in total. The molecule has 0 heterocycles. The van der Waals surface area contributed by atoms with E-state index in [1.807, 2.05) is 6.07 Å². The van der Waals surface area contributed by atoms with Crippen LogP contribution in [0.3, 0.4) is 0 Å². The number of halogens is 1. The average Bonchev–Trinajstić information content (AvgIpc) is 2.53. The van der Waals surface area contributed by atoms with E-state index >= 15 is 0 Å². The molecule has 21 heavy (non-hydrogen) atoms. The number of rotatable bonds is 5. The molecule has 0 aliphatic carbocycles. The fourth-order valence-corrected chi connectivity index (χ4v) is 1.88. The summed E-state index contributed by atoms with van der Waals surface area (Å²) in [5, 5.41) is 8.90. The Morgan fingerprint density at radius 2 is 2.14 bits per heavy atom. The number of methoxy groups -OCH3 is 1. The van der Waals surface area contributed by atoms with Gasteiger partial charge >= 0.3 is 0 Å². The van der Waals surface area contributed by atoms with Gasteiger partial charge in [0.05, 0.1) is 24.3 Å². The fraction of sp³-hybridized carbons (Fsp3) is 0.125. The zero-order valence-corrected chi connectivity index (χ0v) is 11.3. The minimum Gasteiger partial charge on any atom is -0.496 e. The predicted octanol–water partition coefficient (Wildman–Crippen LogP) is 3.10. The maximum Gasteiger partial charge on any atom is 0.165 e. The van der Waals surface area contributed by atoms with Crippen LogP contribution in [0, 0.1) is 17.1 Å². The van der Waals surface area contributed by atoms with E-state index < -0.39 is 5.82 Å². The van der Waals surface area contributed by atoms with Crippen LogP contribution in [0.5, 0.6) is 11.5 Å². The smallest absolute Gasteiger partial charge is 0.165 e. The second kappa shape index (κ2) is 6.53. The lowest BCUT2D eigenvalue weighted by atomic mass is 10.1. The molecule has 0 saturated heterocycles. The van der Waals surface area contributed by atoms with E-state index in [9.17, 15) is 9.18 Å². The third-order valence-electron chi connectivity index (χ3n) is 2.91. The molecule has 0 amide bonds. The van der Waals surface area contributed by atoms with Crippen LogP contribution in [-0.4, -0.2) is 13.4 Å². The van der Waals surface area contributed by atoms with Gasteiger partial charge in [-0.2, -0.15) is 5.26 Å². The molecule has 2 aromatic carbocycles. The molecule has 0 aliphatic heterocycles. The Morgan fingerprint density at radius 1 is 1.33 bits per heavy atom. The Hall–Kier alpha value is -2.87. The van der Waals surface area contributed by atoms with Crippen molar-refractivity contribution in [1.29, 1.82) is 5.26 Å². The highest BCUT2D eigenvalue weighted by Crippen LogP contribution is 2.25. The number of para-hydroxylation sites is 1. The summed E-state index contributed by atoms with van der Waals surface area (Å²) in [5.41, 5.74) is 1.17. The van der Waals surface area contributed by atoms with Crippen LogP contribution < -0.4 is 9.47 Å². The normalized spacial score (nSPS) is 9.76. The van der Waals surface area contributed by atoms with Crippen molar-refractivity contribution in [2.75, 3.05) is 7.11 Å². The summed E-state index contributed by atoms with van der Waals surface area (Å²) in [7, 11) is 1.49. The van der Waals surface area contributed by atoms with Crippen LogP contribution in [0.25, 0.3) is 0 Å². The second-order valence-corrected chi connectivity index (χ2v) is 4.20. The summed E-state index contributed by atoms with van der Waals surface area (Å²) in [6, 6.07) is 11.0. The number of benzene rings is 2. The summed E-state index contributed by atoms with van der Waals surface area (Å²) < 4.78 is 24.3. The van der Waals surface area contributed by atoms with E-state index in [2.05, 4.69) is 0 Å². The van der Waals surface area contributed by atoms with Gasteiger partial charge in [-0.15, -0.1) is 0 Å². The Balaban J connectivity index is 2.28. The highest BCUT2D eigenvalue weighted by Gasteiger charge is 2.11. The molecule has 0 aromatic heterocycles.